The summed E-state index contributed by atoms with van der Waals surface area (Å²) < 4.78 is 7.84. The molecule has 0 aliphatic heterocycles. The van der Waals surface area contributed by atoms with Crippen LogP contribution in [0.3, 0.4) is 0 Å². The van der Waals surface area contributed by atoms with E-state index in [1.54, 1.807) is 7.11 Å². The van der Waals surface area contributed by atoms with Crippen LogP contribution in [0.25, 0.3) is 32.6 Å². The normalized spacial score (nSPS) is 11.8. The van der Waals surface area contributed by atoms with Crippen LogP contribution >= 0.6 is 0 Å². The van der Waals surface area contributed by atoms with Crippen molar-refractivity contribution in [2.75, 3.05) is 38.6 Å². The Morgan fingerprint density at radius 1 is 1.03 bits per heavy atom. The third-order valence-electron chi connectivity index (χ3n) is 6.70. The summed E-state index contributed by atoms with van der Waals surface area (Å²) in [6.45, 7) is 13.1. The van der Waals surface area contributed by atoms with E-state index in [9.17, 15) is 0 Å². The first kappa shape index (κ1) is 21.4. The molecule has 5 nitrogen and oxygen atoms in total. The zero-order valence-electron chi connectivity index (χ0n) is 19.7. The van der Waals surface area contributed by atoms with Gasteiger partial charge in [0.25, 0.3) is 0 Å². The van der Waals surface area contributed by atoms with Crippen molar-refractivity contribution in [3.8, 4) is 5.75 Å². The molecular formula is C26H34N4O. The number of methoxy groups -OCH3 is 1. The van der Waals surface area contributed by atoms with Crippen LogP contribution < -0.4 is 10.1 Å². The number of hydrogen-bond donors (Lipinski definition) is 1. The van der Waals surface area contributed by atoms with Gasteiger partial charge in [0, 0.05) is 41.5 Å². The number of aryl methyl sites for hydroxylation is 3. The molecule has 0 aliphatic rings. The highest BCUT2D eigenvalue weighted by Crippen LogP contribution is 2.40. The molecule has 0 radical (unpaired) electrons. The fourth-order valence-corrected chi connectivity index (χ4v) is 4.96. The lowest BCUT2D eigenvalue weighted by Gasteiger charge is -2.18. The highest BCUT2D eigenvalue weighted by Gasteiger charge is 2.19. The number of ether oxygens (including phenoxy) is 1. The highest BCUT2D eigenvalue weighted by molar-refractivity contribution is 6.18. The Kier molecular flexibility index (Phi) is 6.05. The predicted molar refractivity (Wildman–Crippen MR) is 133 cm³/mol. The van der Waals surface area contributed by atoms with E-state index in [0.29, 0.717) is 0 Å². The molecular weight excluding hydrogens is 384 g/mol. The molecule has 2 heterocycles. The molecule has 0 saturated carbocycles. The molecule has 0 atom stereocenters. The van der Waals surface area contributed by atoms with Gasteiger partial charge in [-0.3, -0.25) is 0 Å². The van der Waals surface area contributed by atoms with Gasteiger partial charge in [-0.05, 0) is 80.7 Å². The number of nitrogens with one attached hydrogen (secondary N) is 1. The second kappa shape index (κ2) is 8.75. The Morgan fingerprint density at radius 2 is 1.81 bits per heavy atom. The minimum atomic E-state index is 0.887. The van der Waals surface area contributed by atoms with Gasteiger partial charge in [0.2, 0.25) is 0 Å². The van der Waals surface area contributed by atoms with E-state index in [0.717, 1.165) is 44.2 Å². The predicted octanol–water partition coefficient (Wildman–Crippen LogP) is 5.65. The summed E-state index contributed by atoms with van der Waals surface area (Å²) >= 11 is 0. The van der Waals surface area contributed by atoms with Crippen LogP contribution in [0.2, 0.25) is 0 Å². The number of anilines is 1. The number of hydrogen-bond acceptors (Lipinski definition) is 4. The van der Waals surface area contributed by atoms with Gasteiger partial charge >= 0.3 is 0 Å². The Morgan fingerprint density at radius 3 is 2.52 bits per heavy atom. The average molecular weight is 419 g/mol. The van der Waals surface area contributed by atoms with Crippen LogP contribution in [0.15, 0.2) is 30.5 Å². The van der Waals surface area contributed by atoms with E-state index >= 15 is 0 Å². The quantitative estimate of drug-likeness (QED) is 0.376. The van der Waals surface area contributed by atoms with Gasteiger partial charge in [-0.15, -0.1) is 0 Å². The highest BCUT2D eigenvalue weighted by atomic mass is 16.5. The fraction of sp³-hybridized carbons (Fsp3) is 0.423. The molecule has 31 heavy (non-hydrogen) atoms. The van der Waals surface area contributed by atoms with Crippen LogP contribution in [0.1, 0.15) is 31.4 Å². The minimum absolute atomic E-state index is 0.887. The van der Waals surface area contributed by atoms with Crippen molar-refractivity contribution >= 4 is 38.4 Å². The van der Waals surface area contributed by atoms with Crippen molar-refractivity contribution in [2.45, 2.75) is 34.1 Å². The van der Waals surface area contributed by atoms with Gasteiger partial charge in [0.15, 0.2) is 0 Å². The summed E-state index contributed by atoms with van der Waals surface area (Å²) in [7, 11) is 3.88. The maximum Gasteiger partial charge on any atom is 0.134 e. The van der Waals surface area contributed by atoms with Crippen molar-refractivity contribution in [1.82, 2.24) is 14.5 Å². The smallest absolute Gasteiger partial charge is 0.134 e. The Balaban J connectivity index is 1.84. The van der Waals surface area contributed by atoms with E-state index in [1.165, 1.54) is 43.7 Å². The molecule has 2 aromatic carbocycles. The molecule has 0 amide bonds. The molecule has 4 aromatic rings. The molecule has 164 valence electrons. The summed E-state index contributed by atoms with van der Waals surface area (Å²) in [5.74, 6) is 1.87. The number of rotatable bonds is 8. The van der Waals surface area contributed by atoms with Gasteiger partial charge in [-0.2, -0.15) is 0 Å². The zero-order valence-corrected chi connectivity index (χ0v) is 19.7. The Hall–Kier alpha value is -2.79. The zero-order chi connectivity index (χ0) is 22.1. The lowest BCUT2D eigenvalue weighted by Crippen LogP contribution is -2.25. The molecule has 5 heteroatoms. The van der Waals surface area contributed by atoms with Crippen LogP contribution in [-0.4, -0.2) is 47.7 Å². The lowest BCUT2D eigenvalue weighted by atomic mass is 9.96. The SMILES string of the molecule is CCN(CC)CCCNc1nccc2c(C)c3c(c(C)c12)c1cc(OC)ccc1n3C. The second-order valence-electron chi connectivity index (χ2n) is 8.31. The van der Waals surface area contributed by atoms with Crippen LogP contribution in [0.4, 0.5) is 5.82 Å². The lowest BCUT2D eigenvalue weighted by molar-refractivity contribution is 0.303. The number of fused-ring (bicyclic) bond motifs is 4. The van der Waals surface area contributed by atoms with E-state index < -0.39 is 0 Å². The van der Waals surface area contributed by atoms with Gasteiger partial charge in [0.05, 0.1) is 12.6 Å². The Bertz CT molecular complexity index is 1240. The third-order valence-corrected chi connectivity index (χ3v) is 6.70. The molecule has 0 unspecified atom stereocenters. The fourth-order valence-electron chi connectivity index (χ4n) is 4.96. The molecule has 4 rings (SSSR count). The standard InChI is InChI=1S/C26H34N4O/c1-7-30(8-2)15-9-13-27-26-24-18(4)23-21-16-19(31-6)10-11-22(21)29(5)25(23)17(3)20(24)12-14-28-26/h10-12,14,16H,7-9,13,15H2,1-6H3,(H,27,28). The molecule has 0 aliphatic carbocycles. The monoisotopic (exact) mass is 418 g/mol. The van der Waals surface area contributed by atoms with Crippen molar-refractivity contribution < 1.29 is 4.74 Å². The van der Waals surface area contributed by atoms with Gasteiger partial charge < -0.3 is 19.5 Å². The van der Waals surface area contributed by atoms with E-state index in [1.807, 2.05) is 12.3 Å². The summed E-state index contributed by atoms with van der Waals surface area (Å²) in [6.07, 6.45) is 3.03. The van der Waals surface area contributed by atoms with Crippen LogP contribution in [0.5, 0.6) is 5.75 Å². The van der Waals surface area contributed by atoms with Crippen LogP contribution in [-0.2, 0) is 7.05 Å². The summed E-state index contributed by atoms with van der Waals surface area (Å²) in [6, 6.07) is 8.50. The van der Waals surface area contributed by atoms with Crippen molar-refractivity contribution in [3.05, 3.63) is 41.6 Å². The number of aromatic nitrogens is 2. The van der Waals surface area contributed by atoms with E-state index in [2.05, 4.69) is 67.7 Å². The largest absolute Gasteiger partial charge is 0.497 e. The van der Waals surface area contributed by atoms with Crippen molar-refractivity contribution in [2.24, 2.45) is 7.05 Å². The second-order valence-corrected chi connectivity index (χ2v) is 8.31. The molecule has 2 aromatic heterocycles. The molecule has 0 spiro atoms. The first-order valence-electron chi connectivity index (χ1n) is 11.3. The minimum Gasteiger partial charge on any atom is -0.497 e. The first-order valence-corrected chi connectivity index (χ1v) is 11.3. The molecule has 0 saturated heterocycles. The Labute approximate surface area is 185 Å². The van der Waals surface area contributed by atoms with Crippen molar-refractivity contribution in [1.29, 1.82) is 0 Å². The van der Waals surface area contributed by atoms with Crippen molar-refractivity contribution in [3.63, 3.8) is 0 Å². The maximum atomic E-state index is 5.53. The third kappa shape index (κ3) is 3.61. The summed E-state index contributed by atoms with van der Waals surface area (Å²) in [5.41, 5.74) is 5.07. The number of pyridine rings is 1. The topological polar surface area (TPSA) is 42.3 Å². The van der Waals surface area contributed by atoms with Gasteiger partial charge in [-0.25, -0.2) is 4.98 Å². The first-order chi connectivity index (χ1) is 15.0. The maximum absolute atomic E-state index is 5.53. The van der Waals surface area contributed by atoms with E-state index in [-0.39, 0.29) is 0 Å². The summed E-state index contributed by atoms with van der Waals surface area (Å²) in [4.78, 5) is 7.20. The molecule has 0 bridgehead atoms. The van der Waals surface area contributed by atoms with Gasteiger partial charge in [-0.1, -0.05) is 13.8 Å². The number of nitrogens with zero attached hydrogens (tertiary/aromatic N) is 3. The average Bonchev–Trinajstić information content (AvgIpc) is 3.09. The van der Waals surface area contributed by atoms with Crippen LogP contribution in [0, 0.1) is 13.8 Å². The van der Waals surface area contributed by atoms with Gasteiger partial charge in [0.1, 0.15) is 11.6 Å². The molecule has 1 N–H and O–H groups in total. The molecule has 0 fully saturated rings. The number of benzene rings is 2. The summed E-state index contributed by atoms with van der Waals surface area (Å²) in [5, 5.41) is 8.65. The van der Waals surface area contributed by atoms with E-state index in [4.69, 9.17) is 9.72 Å².